The summed E-state index contributed by atoms with van der Waals surface area (Å²) in [7, 11) is 0. The topological polar surface area (TPSA) is 61.8 Å². The van der Waals surface area contributed by atoms with Crippen LogP contribution in [0.5, 0.6) is 17.2 Å². The van der Waals surface area contributed by atoms with Crippen LogP contribution in [0.2, 0.25) is 0 Å². The molecule has 31 heavy (non-hydrogen) atoms. The van der Waals surface area contributed by atoms with Crippen molar-refractivity contribution >= 4 is 11.8 Å². The van der Waals surface area contributed by atoms with E-state index >= 15 is 0 Å². The Bertz CT molecular complexity index is 980. The summed E-state index contributed by atoms with van der Waals surface area (Å²) in [6.45, 7) is 2.57. The molecule has 0 N–H and O–H groups in total. The molecule has 0 saturated heterocycles. The molecule has 0 amide bonds. The van der Waals surface area contributed by atoms with E-state index < -0.39 is 5.97 Å². The normalized spacial score (nSPS) is 10.4. The van der Waals surface area contributed by atoms with Crippen LogP contribution in [0.1, 0.15) is 42.1 Å². The van der Waals surface area contributed by atoms with Crippen molar-refractivity contribution < 1.29 is 23.8 Å². The Balaban J connectivity index is 1.48. The first-order valence-electron chi connectivity index (χ1n) is 10.4. The van der Waals surface area contributed by atoms with Crippen LogP contribution in [0.25, 0.3) is 0 Å². The van der Waals surface area contributed by atoms with Crippen LogP contribution in [-0.4, -0.2) is 25.0 Å². The third-order valence-corrected chi connectivity index (χ3v) is 4.56. The van der Waals surface area contributed by atoms with Gasteiger partial charge in [-0.1, -0.05) is 56.2 Å². The Morgan fingerprint density at radius 2 is 1.39 bits per heavy atom. The van der Waals surface area contributed by atoms with Crippen molar-refractivity contribution in [2.75, 3.05) is 13.2 Å². The monoisotopic (exact) mass is 418 g/mol. The minimum absolute atomic E-state index is 0.0846. The molecule has 0 aromatic heterocycles. The largest absolute Gasteiger partial charge is 0.493 e. The average molecular weight is 418 g/mol. The third-order valence-electron chi connectivity index (χ3n) is 4.56. The quantitative estimate of drug-likeness (QED) is 0.179. The zero-order valence-corrected chi connectivity index (χ0v) is 17.6. The number of rotatable bonds is 11. The summed E-state index contributed by atoms with van der Waals surface area (Å²) in [5.74, 6) is 0.982. The van der Waals surface area contributed by atoms with E-state index in [9.17, 15) is 9.59 Å². The van der Waals surface area contributed by atoms with Crippen LogP contribution in [0.4, 0.5) is 0 Å². The number of unbranched alkanes of at least 4 members (excludes halogenated alkanes) is 2. The molecule has 0 aliphatic carbocycles. The zero-order chi connectivity index (χ0) is 21.9. The van der Waals surface area contributed by atoms with Crippen molar-refractivity contribution in [2.45, 2.75) is 26.2 Å². The molecule has 0 heterocycles. The summed E-state index contributed by atoms with van der Waals surface area (Å²) in [5.41, 5.74) is 1.13. The van der Waals surface area contributed by atoms with Crippen LogP contribution in [0.15, 0.2) is 78.9 Å². The molecule has 0 bridgehead atoms. The Morgan fingerprint density at radius 1 is 0.710 bits per heavy atom. The fourth-order valence-electron chi connectivity index (χ4n) is 2.93. The number of hydrogen-bond donors (Lipinski definition) is 0. The lowest BCUT2D eigenvalue weighted by atomic mass is 10.0. The number of carbonyl (C=O) groups is 2. The van der Waals surface area contributed by atoms with Gasteiger partial charge in [0.1, 0.15) is 17.2 Å². The second-order valence-electron chi connectivity index (χ2n) is 7.01. The molecule has 0 atom stereocenters. The molecule has 5 heteroatoms. The molecule has 3 aromatic carbocycles. The van der Waals surface area contributed by atoms with E-state index in [0.717, 1.165) is 19.3 Å². The summed E-state index contributed by atoms with van der Waals surface area (Å²) >= 11 is 0. The van der Waals surface area contributed by atoms with Crippen molar-refractivity contribution in [3.05, 3.63) is 90.0 Å². The summed E-state index contributed by atoms with van der Waals surface area (Å²) in [5, 5.41) is 0. The lowest BCUT2D eigenvalue weighted by Crippen LogP contribution is -2.17. The predicted octanol–water partition coefficient (Wildman–Crippen LogP) is 5.47. The lowest BCUT2D eigenvalue weighted by molar-refractivity contribution is -0.136. The highest BCUT2D eigenvalue weighted by Gasteiger charge is 2.11. The molecule has 160 valence electrons. The van der Waals surface area contributed by atoms with E-state index in [4.69, 9.17) is 14.2 Å². The van der Waals surface area contributed by atoms with Gasteiger partial charge in [-0.05, 0) is 42.8 Å². The van der Waals surface area contributed by atoms with Crippen molar-refractivity contribution in [3.63, 3.8) is 0 Å². The Morgan fingerprint density at radius 3 is 2.10 bits per heavy atom. The van der Waals surface area contributed by atoms with Gasteiger partial charge in [0.25, 0.3) is 0 Å². The predicted molar refractivity (Wildman–Crippen MR) is 119 cm³/mol. The lowest BCUT2D eigenvalue weighted by Gasteiger charge is -2.10. The van der Waals surface area contributed by atoms with Gasteiger partial charge in [0, 0.05) is 17.2 Å². The van der Waals surface area contributed by atoms with E-state index in [2.05, 4.69) is 6.92 Å². The molecule has 0 aliphatic heterocycles. The first kappa shape index (κ1) is 22.1. The molecule has 0 aliphatic rings. The van der Waals surface area contributed by atoms with Crippen LogP contribution in [-0.2, 0) is 4.79 Å². The van der Waals surface area contributed by atoms with Gasteiger partial charge in [0.2, 0.25) is 0 Å². The van der Waals surface area contributed by atoms with Crippen molar-refractivity contribution in [1.82, 2.24) is 0 Å². The minimum Gasteiger partial charge on any atom is -0.493 e. The van der Waals surface area contributed by atoms with E-state index in [-0.39, 0.29) is 12.4 Å². The van der Waals surface area contributed by atoms with Gasteiger partial charge in [0.05, 0.1) is 6.61 Å². The highest BCUT2D eigenvalue weighted by atomic mass is 16.6. The van der Waals surface area contributed by atoms with E-state index in [1.807, 2.05) is 30.3 Å². The summed E-state index contributed by atoms with van der Waals surface area (Å²) in [4.78, 5) is 24.5. The number of hydrogen-bond acceptors (Lipinski definition) is 5. The van der Waals surface area contributed by atoms with Gasteiger partial charge in [-0.2, -0.15) is 0 Å². The molecule has 5 nitrogen and oxygen atoms in total. The molecular weight excluding hydrogens is 392 g/mol. The highest BCUT2D eigenvalue weighted by molar-refractivity contribution is 6.09. The van der Waals surface area contributed by atoms with Gasteiger partial charge < -0.3 is 14.2 Å². The Labute approximate surface area is 182 Å². The molecule has 3 rings (SSSR count). The van der Waals surface area contributed by atoms with Crippen LogP contribution < -0.4 is 14.2 Å². The first-order valence-corrected chi connectivity index (χ1v) is 10.4. The maximum Gasteiger partial charge on any atom is 0.349 e. The van der Waals surface area contributed by atoms with Crippen LogP contribution >= 0.6 is 0 Å². The van der Waals surface area contributed by atoms with Crippen LogP contribution in [0, 0.1) is 0 Å². The van der Waals surface area contributed by atoms with Crippen molar-refractivity contribution in [2.24, 2.45) is 0 Å². The summed E-state index contributed by atoms with van der Waals surface area (Å²) < 4.78 is 16.5. The van der Waals surface area contributed by atoms with E-state index in [0.29, 0.717) is 35.0 Å². The average Bonchev–Trinajstić information content (AvgIpc) is 2.81. The Hall–Kier alpha value is -3.60. The number of ketones is 1. The standard InChI is InChI=1S/C26H26O5/c1-2-3-7-17-29-23-11-8-12-24(18-23)30-19-25(27)31-22-15-13-21(14-16-22)26(28)20-9-5-4-6-10-20/h4-6,8-16,18H,2-3,7,17,19H2,1H3. The molecule has 0 radical (unpaired) electrons. The van der Waals surface area contributed by atoms with E-state index in [1.54, 1.807) is 48.5 Å². The van der Waals surface area contributed by atoms with Crippen molar-refractivity contribution in [1.29, 1.82) is 0 Å². The SMILES string of the molecule is CCCCCOc1cccc(OCC(=O)Oc2ccc(C(=O)c3ccccc3)cc2)c1. The van der Waals surface area contributed by atoms with E-state index in [1.165, 1.54) is 0 Å². The number of esters is 1. The molecule has 3 aromatic rings. The third kappa shape index (κ3) is 7.00. The minimum atomic E-state index is -0.531. The Kier molecular flexibility index (Phi) is 8.23. The highest BCUT2D eigenvalue weighted by Crippen LogP contribution is 2.20. The molecule has 0 fully saturated rings. The summed E-state index contributed by atoms with van der Waals surface area (Å²) in [6, 6.07) is 22.7. The fourth-order valence-corrected chi connectivity index (χ4v) is 2.93. The van der Waals surface area contributed by atoms with Gasteiger partial charge in [-0.3, -0.25) is 4.79 Å². The zero-order valence-electron chi connectivity index (χ0n) is 17.6. The van der Waals surface area contributed by atoms with Gasteiger partial charge in [-0.15, -0.1) is 0 Å². The van der Waals surface area contributed by atoms with Crippen molar-refractivity contribution in [3.8, 4) is 17.2 Å². The molecule has 0 saturated carbocycles. The van der Waals surface area contributed by atoms with Crippen LogP contribution in [0.3, 0.4) is 0 Å². The smallest absolute Gasteiger partial charge is 0.349 e. The molecule has 0 unspecified atom stereocenters. The number of benzene rings is 3. The second kappa shape index (κ2) is 11.6. The van der Waals surface area contributed by atoms with Gasteiger partial charge in [-0.25, -0.2) is 4.79 Å². The van der Waals surface area contributed by atoms with Gasteiger partial charge >= 0.3 is 5.97 Å². The number of ether oxygens (including phenoxy) is 3. The number of carbonyl (C=O) groups excluding carboxylic acids is 2. The molecule has 0 spiro atoms. The summed E-state index contributed by atoms with van der Waals surface area (Å²) in [6.07, 6.45) is 3.27. The maximum absolute atomic E-state index is 12.4. The fraction of sp³-hybridized carbons (Fsp3) is 0.231. The molecular formula is C26H26O5. The maximum atomic E-state index is 12.4. The first-order chi connectivity index (χ1) is 15.2. The van der Waals surface area contributed by atoms with Gasteiger partial charge in [0.15, 0.2) is 12.4 Å². The second-order valence-corrected chi connectivity index (χ2v) is 7.01.